The normalized spacial score (nSPS) is 10.6. The minimum Gasteiger partial charge on any atom is -0.480 e. The molecule has 0 fully saturated rings. The van der Waals surface area contributed by atoms with Crippen LogP contribution in [0.3, 0.4) is 0 Å². The van der Waals surface area contributed by atoms with Crippen molar-refractivity contribution in [3.63, 3.8) is 0 Å². The molecule has 0 aliphatic rings. The molecule has 5 heteroatoms. The van der Waals surface area contributed by atoms with Crippen molar-refractivity contribution >= 4 is 17.6 Å². The summed E-state index contributed by atoms with van der Waals surface area (Å²) in [5.41, 5.74) is 0.651. The molecule has 1 aromatic rings. The van der Waals surface area contributed by atoms with Crippen molar-refractivity contribution < 1.29 is 14.6 Å². The molecule has 1 N–H and O–H groups in total. The third-order valence-electron chi connectivity index (χ3n) is 2.04. The molecular formula is C11H14ClNO3. The van der Waals surface area contributed by atoms with E-state index in [0.717, 1.165) is 0 Å². The molecule has 0 aromatic carbocycles. The standard InChI is InChI=1S/C11H14ClNO3/c1-6(2)4-9-8(12)5-7(11(14)15)10(13-9)16-3/h5-6H,4H2,1-3H3,(H,14,15). The second kappa shape index (κ2) is 5.16. The summed E-state index contributed by atoms with van der Waals surface area (Å²) in [6.07, 6.45) is 0.690. The number of ether oxygens (including phenoxy) is 1. The van der Waals surface area contributed by atoms with E-state index < -0.39 is 5.97 Å². The van der Waals surface area contributed by atoms with E-state index in [9.17, 15) is 4.79 Å². The van der Waals surface area contributed by atoms with Gasteiger partial charge in [-0.15, -0.1) is 0 Å². The maximum atomic E-state index is 10.9. The van der Waals surface area contributed by atoms with Crippen LogP contribution in [0.5, 0.6) is 5.88 Å². The van der Waals surface area contributed by atoms with Gasteiger partial charge in [-0.25, -0.2) is 9.78 Å². The molecule has 16 heavy (non-hydrogen) atoms. The lowest BCUT2D eigenvalue weighted by Crippen LogP contribution is -2.06. The Balaban J connectivity index is 3.20. The van der Waals surface area contributed by atoms with Gasteiger partial charge in [0, 0.05) is 0 Å². The number of nitrogens with zero attached hydrogens (tertiary/aromatic N) is 1. The highest BCUT2D eigenvalue weighted by Crippen LogP contribution is 2.25. The van der Waals surface area contributed by atoms with Gasteiger partial charge < -0.3 is 9.84 Å². The zero-order chi connectivity index (χ0) is 12.3. The van der Waals surface area contributed by atoms with Gasteiger partial charge in [0.1, 0.15) is 5.56 Å². The number of carboxylic acids is 1. The van der Waals surface area contributed by atoms with Crippen molar-refractivity contribution in [2.45, 2.75) is 20.3 Å². The summed E-state index contributed by atoms with van der Waals surface area (Å²) in [5, 5.41) is 9.28. The lowest BCUT2D eigenvalue weighted by atomic mass is 10.1. The molecular weight excluding hydrogens is 230 g/mol. The zero-order valence-electron chi connectivity index (χ0n) is 9.45. The van der Waals surface area contributed by atoms with Gasteiger partial charge >= 0.3 is 5.97 Å². The number of halogens is 1. The summed E-state index contributed by atoms with van der Waals surface area (Å²) in [6.45, 7) is 4.07. The number of hydrogen-bond acceptors (Lipinski definition) is 3. The minimum absolute atomic E-state index is 0.0139. The molecule has 1 aromatic heterocycles. The summed E-state index contributed by atoms with van der Waals surface area (Å²) in [6, 6.07) is 1.38. The van der Waals surface area contributed by atoms with Crippen LogP contribution in [0.25, 0.3) is 0 Å². The Morgan fingerprint density at radius 3 is 2.69 bits per heavy atom. The maximum Gasteiger partial charge on any atom is 0.341 e. The zero-order valence-corrected chi connectivity index (χ0v) is 10.2. The molecule has 0 unspecified atom stereocenters. The summed E-state index contributed by atoms with van der Waals surface area (Å²) < 4.78 is 4.93. The Morgan fingerprint density at radius 1 is 1.62 bits per heavy atom. The highest BCUT2D eigenvalue weighted by Gasteiger charge is 2.16. The first kappa shape index (κ1) is 12.8. The lowest BCUT2D eigenvalue weighted by Gasteiger charge is -2.10. The fourth-order valence-corrected chi connectivity index (χ4v) is 1.58. The smallest absolute Gasteiger partial charge is 0.341 e. The molecule has 0 saturated carbocycles. The maximum absolute atomic E-state index is 10.9. The van der Waals surface area contributed by atoms with E-state index in [4.69, 9.17) is 21.4 Å². The fraction of sp³-hybridized carbons (Fsp3) is 0.455. The van der Waals surface area contributed by atoms with Crippen LogP contribution >= 0.6 is 11.6 Å². The van der Waals surface area contributed by atoms with E-state index in [-0.39, 0.29) is 11.4 Å². The molecule has 0 radical (unpaired) electrons. The molecule has 0 aliphatic heterocycles. The molecule has 0 atom stereocenters. The molecule has 0 saturated heterocycles. The number of hydrogen-bond donors (Lipinski definition) is 1. The van der Waals surface area contributed by atoms with E-state index in [2.05, 4.69) is 4.98 Å². The predicted octanol–water partition coefficient (Wildman–Crippen LogP) is 2.64. The third-order valence-corrected chi connectivity index (χ3v) is 2.37. The van der Waals surface area contributed by atoms with Crippen molar-refractivity contribution in [2.75, 3.05) is 7.11 Å². The van der Waals surface area contributed by atoms with Gasteiger partial charge in [0.05, 0.1) is 17.8 Å². The fourth-order valence-electron chi connectivity index (χ4n) is 1.35. The molecule has 1 rings (SSSR count). The Kier molecular flexibility index (Phi) is 4.12. The van der Waals surface area contributed by atoms with Crippen LogP contribution in [0.15, 0.2) is 6.07 Å². The average Bonchev–Trinajstić information content (AvgIpc) is 2.19. The molecule has 4 nitrogen and oxygen atoms in total. The molecule has 1 heterocycles. The highest BCUT2D eigenvalue weighted by atomic mass is 35.5. The van der Waals surface area contributed by atoms with Gasteiger partial charge in [0.2, 0.25) is 5.88 Å². The summed E-state index contributed by atoms with van der Waals surface area (Å²) in [4.78, 5) is 15.0. The van der Waals surface area contributed by atoms with Gasteiger partial charge in [-0.05, 0) is 18.4 Å². The van der Waals surface area contributed by atoms with Gasteiger partial charge in [-0.1, -0.05) is 25.4 Å². The van der Waals surface area contributed by atoms with E-state index >= 15 is 0 Å². The monoisotopic (exact) mass is 243 g/mol. The number of aromatic nitrogens is 1. The van der Waals surface area contributed by atoms with Crippen molar-refractivity contribution in [3.8, 4) is 5.88 Å². The van der Waals surface area contributed by atoms with Crippen LogP contribution in [0.4, 0.5) is 0 Å². The van der Waals surface area contributed by atoms with Crippen LogP contribution in [0.1, 0.15) is 29.9 Å². The first-order valence-electron chi connectivity index (χ1n) is 4.92. The second-order valence-electron chi connectivity index (χ2n) is 3.88. The van der Waals surface area contributed by atoms with E-state index in [1.807, 2.05) is 13.8 Å². The van der Waals surface area contributed by atoms with Crippen molar-refractivity contribution in [3.05, 3.63) is 22.3 Å². The van der Waals surface area contributed by atoms with E-state index in [1.165, 1.54) is 13.2 Å². The van der Waals surface area contributed by atoms with Crippen LogP contribution < -0.4 is 4.74 Å². The van der Waals surface area contributed by atoms with Crippen LogP contribution in [-0.4, -0.2) is 23.2 Å². The van der Waals surface area contributed by atoms with Crippen molar-refractivity contribution in [2.24, 2.45) is 5.92 Å². The Hall–Kier alpha value is -1.29. The van der Waals surface area contributed by atoms with Crippen LogP contribution in [-0.2, 0) is 6.42 Å². The van der Waals surface area contributed by atoms with Gasteiger partial charge in [-0.2, -0.15) is 0 Å². The van der Waals surface area contributed by atoms with Gasteiger partial charge in [0.25, 0.3) is 0 Å². The van der Waals surface area contributed by atoms with Crippen LogP contribution in [0, 0.1) is 5.92 Å². The highest BCUT2D eigenvalue weighted by molar-refractivity contribution is 6.31. The predicted molar refractivity (Wildman–Crippen MR) is 61.3 cm³/mol. The Labute approximate surface area is 99.2 Å². The quantitative estimate of drug-likeness (QED) is 0.883. The molecule has 0 amide bonds. The summed E-state index contributed by atoms with van der Waals surface area (Å²) >= 11 is 5.97. The largest absolute Gasteiger partial charge is 0.480 e. The SMILES string of the molecule is COc1nc(CC(C)C)c(Cl)cc1C(=O)O. The number of pyridine rings is 1. The molecule has 0 spiro atoms. The number of carbonyl (C=O) groups is 1. The second-order valence-corrected chi connectivity index (χ2v) is 4.28. The Bertz CT molecular complexity index is 404. The van der Waals surface area contributed by atoms with Crippen molar-refractivity contribution in [1.29, 1.82) is 0 Å². The van der Waals surface area contributed by atoms with E-state index in [1.54, 1.807) is 0 Å². The Morgan fingerprint density at radius 2 is 2.25 bits per heavy atom. The third kappa shape index (κ3) is 2.85. The summed E-state index contributed by atoms with van der Waals surface area (Å²) in [7, 11) is 1.39. The average molecular weight is 244 g/mol. The molecule has 88 valence electrons. The molecule has 0 aliphatic carbocycles. The number of aromatic carboxylic acids is 1. The van der Waals surface area contributed by atoms with Gasteiger partial charge in [-0.3, -0.25) is 0 Å². The van der Waals surface area contributed by atoms with E-state index in [0.29, 0.717) is 23.1 Å². The van der Waals surface area contributed by atoms with Crippen LogP contribution in [0.2, 0.25) is 5.02 Å². The number of methoxy groups -OCH3 is 1. The molecule has 0 bridgehead atoms. The minimum atomic E-state index is -1.10. The topological polar surface area (TPSA) is 59.4 Å². The van der Waals surface area contributed by atoms with Crippen molar-refractivity contribution in [1.82, 2.24) is 4.98 Å². The summed E-state index contributed by atoms with van der Waals surface area (Å²) in [5.74, 6) is -0.597. The first-order chi connectivity index (χ1) is 7.45. The number of rotatable bonds is 4. The first-order valence-corrected chi connectivity index (χ1v) is 5.30. The lowest BCUT2D eigenvalue weighted by molar-refractivity contribution is 0.0692. The number of carboxylic acid groups (broad SMARTS) is 1. The van der Waals surface area contributed by atoms with Gasteiger partial charge in [0.15, 0.2) is 0 Å².